The van der Waals surface area contributed by atoms with Gasteiger partial charge in [0.05, 0.1) is 35.4 Å². The van der Waals surface area contributed by atoms with E-state index in [9.17, 15) is 20.0 Å². The molecule has 0 atom stereocenters. The maximum Gasteiger partial charge on any atom is 0.273 e. The summed E-state index contributed by atoms with van der Waals surface area (Å²) in [6.45, 7) is 5.01. The van der Waals surface area contributed by atoms with Gasteiger partial charge in [-0.2, -0.15) is 0 Å². The van der Waals surface area contributed by atoms with Crippen molar-refractivity contribution in [2.24, 2.45) is 0 Å². The molecule has 0 aliphatic carbocycles. The Morgan fingerprint density at radius 2 is 1.89 bits per heavy atom. The number of nitrogens with zero attached hydrogens (tertiary/aromatic N) is 4. The normalized spacial score (nSPS) is 14.0. The number of hydrogen-bond acceptors (Lipinski definition) is 9. The number of aliphatic hydroxyl groups is 1. The van der Waals surface area contributed by atoms with Gasteiger partial charge in [0, 0.05) is 48.5 Å². The van der Waals surface area contributed by atoms with Crippen molar-refractivity contribution in [1.29, 1.82) is 0 Å². The second kappa shape index (κ2) is 14.1. The first-order chi connectivity index (χ1) is 22.4. The van der Waals surface area contributed by atoms with Crippen LogP contribution in [-0.4, -0.2) is 56.2 Å². The third-order valence-electron chi connectivity index (χ3n) is 7.96. The number of carbonyl (C=O) groups excluding carboxylic acids is 1. The van der Waals surface area contributed by atoms with Crippen molar-refractivity contribution in [2.75, 3.05) is 25.0 Å². The number of ether oxygens (including phenoxy) is 2. The van der Waals surface area contributed by atoms with E-state index in [4.69, 9.17) is 9.47 Å². The summed E-state index contributed by atoms with van der Waals surface area (Å²) < 4.78 is 13.8. The highest BCUT2D eigenvalue weighted by Crippen LogP contribution is 2.38. The lowest BCUT2D eigenvalue weighted by molar-refractivity contribution is -0.385. The Hall–Kier alpha value is -4.78. The number of nitrogens with one attached hydrogen (secondary N) is 1. The Morgan fingerprint density at radius 3 is 2.65 bits per heavy atom. The molecule has 0 spiro atoms. The summed E-state index contributed by atoms with van der Waals surface area (Å²) in [5.41, 5.74) is 3.65. The summed E-state index contributed by atoms with van der Waals surface area (Å²) in [7, 11) is 0. The minimum absolute atomic E-state index is 0.0912. The lowest BCUT2D eigenvalue weighted by Gasteiger charge is -2.29. The van der Waals surface area contributed by atoms with Gasteiger partial charge in [0.2, 0.25) is 5.06 Å². The van der Waals surface area contributed by atoms with Gasteiger partial charge in [0.25, 0.3) is 11.6 Å². The number of anilines is 1. The predicted octanol–water partition coefficient (Wildman–Crippen LogP) is 7.18. The number of non-ortho nitro benzene ring substituents is 1. The first-order valence-electron chi connectivity index (χ1n) is 15.3. The second-order valence-electron chi connectivity index (χ2n) is 11.2. The Balaban J connectivity index is 1.13. The van der Waals surface area contributed by atoms with Crippen molar-refractivity contribution in [3.05, 3.63) is 100 Å². The van der Waals surface area contributed by atoms with E-state index in [0.717, 1.165) is 67.9 Å². The van der Waals surface area contributed by atoms with Gasteiger partial charge in [-0.05, 0) is 61.2 Å². The molecule has 1 fully saturated rings. The van der Waals surface area contributed by atoms with E-state index in [1.165, 1.54) is 35.3 Å². The smallest absolute Gasteiger partial charge is 0.273 e. The summed E-state index contributed by atoms with van der Waals surface area (Å²) >= 11 is 1.14. The van der Waals surface area contributed by atoms with E-state index in [0.29, 0.717) is 28.1 Å². The van der Waals surface area contributed by atoms with Gasteiger partial charge in [-0.3, -0.25) is 25.1 Å². The fourth-order valence-electron chi connectivity index (χ4n) is 5.46. The highest BCUT2D eigenvalue weighted by Gasteiger charge is 2.20. The van der Waals surface area contributed by atoms with Crippen LogP contribution in [0.15, 0.2) is 79.1 Å². The minimum atomic E-state index is -0.481. The molecule has 1 aliphatic heterocycles. The van der Waals surface area contributed by atoms with Crippen molar-refractivity contribution in [1.82, 2.24) is 14.5 Å². The number of likely N-dealkylation sites (tertiary alicyclic amines) is 1. The third kappa shape index (κ3) is 7.20. The first-order valence-corrected chi connectivity index (χ1v) is 16.2. The lowest BCUT2D eigenvalue weighted by atomic mass is 10.1. The molecule has 3 heterocycles. The molecule has 6 rings (SSSR count). The standard InChI is InChI=1S/C34H35N5O6S/c1-2-3-18-44-31-19-26(39(42)43)12-13-30(31)45-32-20-35-34(46-32)36-33(41)23-8-10-25(11-9-23)38-22-24(28-6-4-5-7-29(28)38)21-37-16-14-27(40)15-17-37/h4-13,19-20,22,27,40H,2-3,14-18,21H2,1H3,(H,35,36,41). The largest absolute Gasteiger partial charge is 0.489 e. The number of nitro benzene ring substituents is 1. The molecule has 3 aromatic carbocycles. The average Bonchev–Trinajstić information content (AvgIpc) is 3.67. The Kier molecular flexibility index (Phi) is 9.57. The predicted molar refractivity (Wildman–Crippen MR) is 177 cm³/mol. The fraction of sp³-hybridized carbons (Fsp3) is 0.294. The SMILES string of the molecule is CCCCOc1cc([N+](=O)[O-])ccc1Oc1cnc(NC(=O)c2ccc(-n3cc(CN4CCC(O)CC4)c4ccccc43)cc2)s1. The molecule has 0 bridgehead atoms. The van der Waals surface area contributed by atoms with Crippen molar-refractivity contribution in [2.45, 2.75) is 45.3 Å². The van der Waals surface area contributed by atoms with E-state index >= 15 is 0 Å². The van der Waals surface area contributed by atoms with Crippen LogP contribution in [0.3, 0.4) is 0 Å². The van der Waals surface area contributed by atoms with Gasteiger partial charge in [0.1, 0.15) is 0 Å². The molecular weight excluding hydrogens is 606 g/mol. The summed E-state index contributed by atoms with van der Waals surface area (Å²) in [6.07, 6.45) is 6.76. The van der Waals surface area contributed by atoms with Crippen LogP contribution in [0.1, 0.15) is 48.5 Å². The quantitative estimate of drug-likeness (QED) is 0.0832. The van der Waals surface area contributed by atoms with Crippen molar-refractivity contribution in [3.8, 4) is 22.2 Å². The Labute approximate surface area is 270 Å². The number of amides is 1. The summed E-state index contributed by atoms with van der Waals surface area (Å²) in [4.78, 5) is 30.5. The van der Waals surface area contributed by atoms with E-state index in [2.05, 4.69) is 38.1 Å². The molecule has 1 saturated heterocycles. The van der Waals surface area contributed by atoms with E-state index in [1.807, 2.05) is 31.2 Å². The highest BCUT2D eigenvalue weighted by atomic mass is 32.1. The van der Waals surface area contributed by atoms with E-state index in [1.54, 1.807) is 12.1 Å². The number of aliphatic hydroxyl groups excluding tert-OH is 1. The first kappa shape index (κ1) is 31.2. The van der Waals surface area contributed by atoms with Gasteiger partial charge in [-0.1, -0.05) is 42.9 Å². The van der Waals surface area contributed by atoms with Crippen molar-refractivity contribution >= 4 is 39.0 Å². The number of piperidine rings is 1. The van der Waals surface area contributed by atoms with Crippen LogP contribution in [0, 0.1) is 10.1 Å². The molecule has 2 aromatic heterocycles. The van der Waals surface area contributed by atoms with Crippen LogP contribution in [0.2, 0.25) is 0 Å². The highest BCUT2D eigenvalue weighted by molar-refractivity contribution is 7.17. The van der Waals surface area contributed by atoms with Crippen LogP contribution in [-0.2, 0) is 6.54 Å². The van der Waals surface area contributed by atoms with Gasteiger partial charge in [-0.25, -0.2) is 4.98 Å². The number of rotatable bonds is 12. The minimum Gasteiger partial charge on any atom is -0.489 e. The third-order valence-corrected chi connectivity index (χ3v) is 8.75. The number of thiazole rings is 1. The van der Waals surface area contributed by atoms with Crippen molar-refractivity contribution in [3.63, 3.8) is 0 Å². The maximum atomic E-state index is 13.1. The number of hydrogen-bond donors (Lipinski definition) is 2. The Bertz CT molecular complexity index is 1830. The average molecular weight is 642 g/mol. The van der Waals surface area contributed by atoms with E-state index < -0.39 is 4.92 Å². The summed E-state index contributed by atoms with van der Waals surface area (Å²) in [5.74, 6) is 0.293. The molecule has 2 N–H and O–H groups in total. The fourth-order valence-corrected chi connectivity index (χ4v) is 6.13. The number of benzene rings is 3. The van der Waals surface area contributed by atoms with Crippen LogP contribution in [0.4, 0.5) is 10.8 Å². The van der Waals surface area contributed by atoms with Crippen molar-refractivity contribution < 1.29 is 24.3 Å². The number of carbonyl (C=O) groups is 1. The van der Waals surface area contributed by atoms with Crippen LogP contribution >= 0.6 is 11.3 Å². The van der Waals surface area contributed by atoms with Crippen LogP contribution in [0.25, 0.3) is 16.6 Å². The second-order valence-corrected chi connectivity index (χ2v) is 12.2. The van der Waals surface area contributed by atoms with Crippen LogP contribution in [0.5, 0.6) is 16.6 Å². The molecule has 46 heavy (non-hydrogen) atoms. The molecule has 0 radical (unpaired) electrons. The van der Waals surface area contributed by atoms with Crippen LogP contribution < -0.4 is 14.8 Å². The lowest BCUT2D eigenvalue weighted by Crippen LogP contribution is -2.35. The zero-order valence-corrected chi connectivity index (χ0v) is 26.2. The molecule has 0 saturated carbocycles. The van der Waals surface area contributed by atoms with Gasteiger partial charge < -0.3 is 19.1 Å². The molecule has 12 heteroatoms. The molecule has 11 nitrogen and oxygen atoms in total. The number of aromatic nitrogens is 2. The zero-order valence-electron chi connectivity index (χ0n) is 25.4. The molecule has 0 unspecified atom stereocenters. The van der Waals surface area contributed by atoms with Gasteiger partial charge >= 0.3 is 0 Å². The monoisotopic (exact) mass is 641 g/mol. The number of para-hydroxylation sites is 1. The molecule has 1 amide bonds. The molecule has 1 aliphatic rings. The maximum absolute atomic E-state index is 13.1. The Morgan fingerprint density at radius 1 is 1.11 bits per heavy atom. The summed E-state index contributed by atoms with van der Waals surface area (Å²) in [5, 5.41) is 25.9. The zero-order chi connectivity index (χ0) is 32.0. The van der Waals surface area contributed by atoms with E-state index in [-0.39, 0.29) is 23.4 Å². The number of unbranched alkanes of at least 4 members (excludes halogenated alkanes) is 1. The molecule has 5 aromatic rings. The molecular formula is C34H35N5O6S. The molecule has 238 valence electrons. The van der Waals surface area contributed by atoms with Gasteiger partial charge in [0.15, 0.2) is 16.6 Å². The number of fused-ring (bicyclic) bond motifs is 1. The number of nitro groups is 1. The summed E-state index contributed by atoms with van der Waals surface area (Å²) in [6, 6.07) is 19.9. The van der Waals surface area contributed by atoms with Gasteiger partial charge in [-0.15, -0.1) is 0 Å². The topological polar surface area (TPSA) is 132 Å².